The van der Waals surface area contributed by atoms with E-state index >= 15 is 0 Å². The molecule has 16 heteroatoms. The Morgan fingerprint density at radius 2 is 1.76 bits per heavy atom. The highest BCUT2D eigenvalue weighted by Gasteiger charge is 2.40. The van der Waals surface area contributed by atoms with Gasteiger partial charge in [-0.3, -0.25) is 13.9 Å². The fraction of sp³-hybridized carbons (Fsp3) is 0.586. The lowest BCUT2D eigenvalue weighted by Gasteiger charge is -2.40. The number of hydrogen-bond donors (Lipinski definition) is 1. The van der Waals surface area contributed by atoms with Gasteiger partial charge in [-0.15, -0.1) is 0 Å². The zero-order valence-corrected chi connectivity index (χ0v) is 28.9. The average molecular weight is 670 g/mol. The average Bonchev–Trinajstić information content (AvgIpc) is 3.02. The first kappa shape index (κ1) is 38.6. The first-order valence-corrected chi connectivity index (χ1v) is 17.4. The van der Waals surface area contributed by atoms with Crippen molar-refractivity contribution in [2.24, 2.45) is 0 Å². The first-order valence-electron chi connectivity index (χ1n) is 14.5. The number of benzene rings is 1. The number of anilines is 1. The Balaban J connectivity index is 2.55. The lowest BCUT2D eigenvalue weighted by molar-refractivity contribution is -0.118. The highest BCUT2D eigenvalue weighted by atomic mass is 31.2. The number of rotatable bonds is 20. The molecule has 2 aromatic rings. The summed E-state index contributed by atoms with van der Waals surface area (Å²) in [6.07, 6.45) is -1.40. The van der Waals surface area contributed by atoms with Crippen LogP contribution in [-0.2, 0) is 32.1 Å². The van der Waals surface area contributed by atoms with Gasteiger partial charge in [0.2, 0.25) is 0 Å². The van der Waals surface area contributed by atoms with Crippen molar-refractivity contribution in [3.63, 3.8) is 0 Å². The van der Waals surface area contributed by atoms with E-state index in [2.05, 4.69) is 16.4 Å². The third kappa shape index (κ3) is 11.3. The molecule has 0 radical (unpaired) electrons. The number of amides is 1. The van der Waals surface area contributed by atoms with Gasteiger partial charge in [-0.25, -0.2) is 9.46 Å². The molecule has 0 aliphatic heterocycles. The summed E-state index contributed by atoms with van der Waals surface area (Å²) in [6.45, 7) is 9.92. The van der Waals surface area contributed by atoms with E-state index in [1.807, 2.05) is 39.3 Å². The Kier molecular flexibility index (Phi) is 16.5. The molecule has 45 heavy (non-hydrogen) atoms. The number of nitrogens with zero attached hydrogens (tertiary/aromatic N) is 4. The number of methoxy groups -OCH3 is 1. The van der Waals surface area contributed by atoms with Crippen molar-refractivity contribution in [3.05, 3.63) is 58.6 Å². The van der Waals surface area contributed by atoms with Crippen molar-refractivity contribution in [1.82, 2.24) is 14.2 Å². The van der Waals surface area contributed by atoms with Crippen LogP contribution < -0.4 is 11.0 Å². The first-order chi connectivity index (χ1) is 21.4. The molecule has 1 heterocycles. The van der Waals surface area contributed by atoms with Gasteiger partial charge in [0.25, 0.3) is 14.4 Å². The van der Waals surface area contributed by atoms with Gasteiger partial charge in [0.1, 0.15) is 18.3 Å². The molecule has 1 aromatic heterocycles. The van der Waals surface area contributed by atoms with Gasteiger partial charge in [0, 0.05) is 45.2 Å². The number of hydrogen-bond acceptors (Lipinski definition) is 12. The van der Waals surface area contributed by atoms with E-state index in [4.69, 9.17) is 32.8 Å². The highest BCUT2D eigenvalue weighted by Crippen LogP contribution is 2.50. The highest BCUT2D eigenvalue weighted by molar-refractivity contribution is 7.53. The minimum absolute atomic E-state index is 0.0139. The lowest BCUT2D eigenvalue weighted by Crippen LogP contribution is -2.44. The maximum absolute atomic E-state index is 13.4. The van der Waals surface area contributed by atoms with Gasteiger partial charge in [0.05, 0.1) is 25.2 Å². The molecule has 1 amide bonds. The molecular formula is C29H45N5O9P2. The minimum atomic E-state index is -3.57. The molecule has 0 aliphatic carbocycles. The quantitative estimate of drug-likeness (QED) is 0.139. The van der Waals surface area contributed by atoms with Crippen molar-refractivity contribution >= 4 is 27.8 Å². The predicted octanol–water partition coefficient (Wildman–Crippen LogP) is 5.54. The van der Waals surface area contributed by atoms with Gasteiger partial charge in [-0.05, 0) is 52.3 Å². The molecule has 0 spiro atoms. The second-order valence-electron chi connectivity index (χ2n) is 10.3. The number of nitriles is 1. The van der Waals surface area contributed by atoms with Crippen LogP contribution in [0.15, 0.2) is 47.4 Å². The summed E-state index contributed by atoms with van der Waals surface area (Å²) >= 11 is 0. The number of ether oxygens (including phenoxy) is 2. The second kappa shape index (κ2) is 19.2. The van der Waals surface area contributed by atoms with Crippen molar-refractivity contribution in [2.75, 3.05) is 39.6 Å². The van der Waals surface area contributed by atoms with E-state index in [0.717, 1.165) is 0 Å². The molecule has 250 valence electrons. The summed E-state index contributed by atoms with van der Waals surface area (Å²) in [6, 6.07) is 12.1. The zero-order chi connectivity index (χ0) is 33.6. The van der Waals surface area contributed by atoms with Gasteiger partial charge < -0.3 is 32.9 Å². The van der Waals surface area contributed by atoms with Crippen LogP contribution in [0.5, 0.6) is 0 Å². The third-order valence-electron chi connectivity index (χ3n) is 6.55. The topological polar surface area (TPSA) is 163 Å². The number of carbonyl (C=O) groups is 1. The summed E-state index contributed by atoms with van der Waals surface area (Å²) < 4.78 is 50.9. The van der Waals surface area contributed by atoms with Crippen molar-refractivity contribution < 1.29 is 36.9 Å². The fourth-order valence-electron chi connectivity index (χ4n) is 4.37. The van der Waals surface area contributed by atoms with Crippen LogP contribution in [0.3, 0.4) is 0 Å². The van der Waals surface area contributed by atoms with E-state index in [1.54, 1.807) is 30.3 Å². The lowest BCUT2D eigenvalue weighted by atomic mass is 10.1. The summed E-state index contributed by atoms with van der Waals surface area (Å²) in [7, 11) is -1.47. The molecule has 14 nitrogen and oxygen atoms in total. The van der Waals surface area contributed by atoms with Crippen molar-refractivity contribution in [1.29, 1.82) is 5.26 Å². The SMILES string of the molecule is CC[C@H](OCP(=O)(OC)OC)[C@@H](OP(OCCC#N)N(C(C)C)C(C)C)[C@@H](OC)n1ccc(NC(=O)c2ccccc2)nc1=O. The summed E-state index contributed by atoms with van der Waals surface area (Å²) in [5, 5.41) is 11.8. The van der Waals surface area contributed by atoms with Gasteiger partial charge in [-0.1, -0.05) is 25.1 Å². The number of nitrogens with one attached hydrogen (secondary N) is 1. The minimum Gasteiger partial charge on any atom is -0.363 e. The van der Waals surface area contributed by atoms with Crippen LogP contribution in [-0.4, -0.2) is 78.7 Å². The zero-order valence-electron chi connectivity index (χ0n) is 27.1. The molecule has 4 atom stereocenters. The molecule has 1 aromatic carbocycles. The maximum atomic E-state index is 13.4. The molecule has 0 saturated heterocycles. The van der Waals surface area contributed by atoms with E-state index < -0.39 is 52.5 Å². The van der Waals surface area contributed by atoms with Gasteiger partial charge in [-0.2, -0.15) is 10.2 Å². The molecule has 1 unspecified atom stereocenters. The second-order valence-corrected chi connectivity index (χ2v) is 13.9. The van der Waals surface area contributed by atoms with E-state index in [1.165, 1.54) is 38.2 Å². The standard InChI is InChI=1S/C29H45N5O9P2/c1-9-24(41-20-45(37,39-7)40-8)26(43-44(42-19-13-17-30)34(21(2)3)22(4)5)28(38-6)33-18-16-25(32-29(33)36)31-27(35)23-14-11-10-12-15-23/h10-12,14-16,18,21-22,24,26,28H,9,13,19-20H2,1-8H3,(H,31,32,35,36)/t24-,26+,28+,44?/m0/s1. The molecule has 2 rings (SSSR count). The third-order valence-corrected chi connectivity index (χ3v) is 10.3. The van der Waals surface area contributed by atoms with Crippen LogP contribution in [0.25, 0.3) is 0 Å². The number of carbonyl (C=O) groups excluding carboxylic acids is 1. The molecular weight excluding hydrogens is 624 g/mol. The Hall–Kier alpha value is -2.56. The molecule has 0 fully saturated rings. The Morgan fingerprint density at radius 3 is 2.27 bits per heavy atom. The Morgan fingerprint density at radius 1 is 1.11 bits per heavy atom. The van der Waals surface area contributed by atoms with Crippen LogP contribution in [0.1, 0.15) is 64.0 Å². The maximum Gasteiger partial charge on any atom is 0.355 e. The molecule has 1 N–H and O–H groups in total. The smallest absolute Gasteiger partial charge is 0.355 e. The van der Waals surface area contributed by atoms with Crippen molar-refractivity contribution in [2.45, 2.75) is 78.0 Å². The van der Waals surface area contributed by atoms with E-state index in [9.17, 15) is 14.2 Å². The monoisotopic (exact) mass is 669 g/mol. The molecule has 0 bridgehead atoms. The normalized spacial score (nSPS) is 14.7. The summed E-state index contributed by atoms with van der Waals surface area (Å²) in [4.78, 5) is 30.1. The Labute approximate surface area is 266 Å². The van der Waals surface area contributed by atoms with E-state index in [0.29, 0.717) is 12.0 Å². The largest absolute Gasteiger partial charge is 0.363 e. The van der Waals surface area contributed by atoms with Crippen LogP contribution in [0, 0.1) is 11.3 Å². The fourth-order valence-corrected chi connectivity index (χ4v) is 6.86. The van der Waals surface area contributed by atoms with Crippen LogP contribution >= 0.6 is 16.1 Å². The van der Waals surface area contributed by atoms with Crippen molar-refractivity contribution in [3.8, 4) is 6.07 Å². The van der Waals surface area contributed by atoms with Gasteiger partial charge >= 0.3 is 13.3 Å². The molecule has 0 aliphatic rings. The van der Waals surface area contributed by atoms with E-state index in [-0.39, 0.29) is 30.9 Å². The number of aromatic nitrogens is 2. The predicted molar refractivity (Wildman–Crippen MR) is 171 cm³/mol. The van der Waals surface area contributed by atoms with Gasteiger partial charge in [0.15, 0.2) is 6.23 Å². The van der Waals surface area contributed by atoms with Crippen LogP contribution in [0.4, 0.5) is 5.82 Å². The Bertz CT molecular complexity index is 1320. The molecule has 0 saturated carbocycles. The van der Waals surface area contributed by atoms with Crippen LogP contribution in [0.2, 0.25) is 0 Å². The summed E-state index contributed by atoms with van der Waals surface area (Å²) in [5.41, 5.74) is -0.321. The summed E-state index contributed by atoms with van der Waals surface area (Å²) in [5.74, 6) is -0.373.